The number of halogens is 1. The highest BCUT2D eigenvalue weighted by atomic mass is 127. The van der Waals surface area contributed by atoms with E-state index in [1.54, 1.807) is 24.3 Å². The van der Waals surface area contributed by atoms with E-state index in [9.17, 15) is 14.9 Å². The molecular formula is C26H21IN2O4. The fourth-order valence-electron chi connectivity index (χ4n) is 2.97. The number of carboxylic acid groups (broad SMARTS) is 1. The molecule has 0 aliphatic heterocycles. The molecule has 3 aromatic carbocycles. The Morgan fingerprint density at radius 1 is 1.06 bits per heavy atom. The van der Waals surface area contributed by atoms with Crippen molar-refractivity contribution in [3.8, 4) is 11.8 Å². The molecular weight excluding hydrogens is 531 g/mol. The lowest BCUT2D eigenvalue weighted by Gasteiger charge is -2.10. The predicted octanol–water partition coefficient (Wildman–Crippen LogP) is 5.68. The number of nitrogens with one attached hydrogen (secondary N) is 1. The van der Waals surface area contributed by atoms with Gasteiger partial charge in [-0.15, -0.1) is 0 Å². The SMILES string of the molecule is CCc1ccc(NC(=O)/C(C#N)=C\c2ccc(OCc3ccc(C(=O)O)cc3)c(I)c2)cc1. The van der Waals surface area contributed by atoms with Crippen LogP contribution in [-0.2, 0) is 17.8 Å². The first kappa shape index (κ1) is 24.0. The number of nitrogens with zero attached hydrogens (tertiary/aromatic N) is 1. The van der Waals surface area contributed by atoms with Gasteiger partial charge in [-0.05, 0) is 88.2 Å². The second-order valence-electron chi connectivity index (χ2n) is 7.16. The minimum atomic E-state index is -0.972. The molecule has 6 nitrogen and oxygen atoms in total. The van der Waals surface area contributed by atoms with Crippen LogP contribution in [0, 0.1) is 14.9 Å². The van der Waals surface area contributed by atoms with E-state index in [4.69, 9.17) is 9.84 Å². The third-order valence-electron chi connectivity index (χ3n) is 4.85. The number of hydrogen-bond acceptors (Lipinski definition) is 4. The van der Waals surface area contributed by atoms with Crippen molar-refractivity contribution in [1.29, 1.82) is 5.26 Å². The van der Waals surface area contributed by atoms with Crippen molar-refractivity contribution in [2.45, 2.75) is 20.0 Å². The van der Waals surface area contributed by atoms with E-state index < -0.39 is 11.9 Å². The van der Waals surface area contributed by atoms with Gasteiger partial charge in [-0.25, -0.2) is 4.79 Å². The summed E-state index contributed by atoms with van der Waals surface area (Å²) in [6.07, 6.45) is 2.44. The zero-order chi connectivity index (χ0) is 23.8. The summed E-state index contributed by atoms with van der Waals surface area (Å²) in [7, 11) is 0. The van der Waals surface area contributed by atoms with Crippen molar-refractivity contribution in [3.05, 3.63) is 98.1 Å². The third-order valence-corrected chi connectivity index (χ3v) is 5.69. The van der Waals surface area contributed by atoms with Gasteiger partial charge in [0.2, 0.25) is 0 Å². The number of hydrogen-bond donors (Lipinski definition) is 2. The number of nitriles is 1. The molecule has 1 amide bonds. The van der Waals surface area contributed by atoms with Crippen LogP contribution in [0.3, 0.4) is 0 Å². The molecule has 0 saturated heterocycles. The van der Waals surface area contributed by atoms with Crippen LogP contribution in [0.25, 0.3) is 6.08 Å². The van der Waals surface area contributed by atoms with Crippen molar-refractivity contribution in [2.75, 3.05) is 5.32 Å². The number of benzene rings is 3. The van der Waals surface area contributed by atoms with Gasteiger partial charge in [-0.2, -0.15) is 5.26 Å². The first-order valence-electron chi connectivity index (χ1n) is 10.2. The van der Waals surface area contributed by atoms with Crippen LogP contribution in [0.5, 0.6) is 5.75 Å². The molecule has 3 rings (SSSR count). The molecule has 33 heavy (non-hydrogen) atoms. The fourth-order valence-corrected chi connectivity index (χ4v) is 3.66. The number of carbonyl (C=O) groups excluding carboxylic acids is 1. The molecule has 7 heteroatoms. The molecule has 0 atom stereocenters. The van der Waals surface area contributed by atoms with Crippen LogP contribution < -0.4 is 10.1 Å². The van der Waals surface area contributed by atoms with Crippen molar-refractivity contribution >= 4 is 46.2 Å². The fraction of sp³-hybridized carbons (Fsp3) is 0.115. The molecule has 0 aromatic heterocycles. The van der Waals surface area contributed by atoms with Gasteiger partial charge >= 0.3 is 5.97 Å². The quantitative estimate of drug-likeness (QED) is 0.213. The summed E-state index contributed by atoms with van der Waals surface area (Å²) in [5, 5.41) is 21.2. The lowest BCUT2D eigenvalue weighted by molar-refractivity contribution is -0.112. The number of aryl methyl sites for hydroxylation is 1. The van der Waals surface area contributed by atoms with Crippen LogP contribution in [-0.4, -0.2) is 17.0 Å². The first-order chi connectivity index (χ1) is 15.9. The van der Waals surface area contributed by atoms with Gasteiger partial charge < -0.3 is 15.2 Å². The van der Waals surface area contributed by atoms with Crippen molar-refractivity contribution in [1.82, 2.24) is 0 Å². The summed E-state index contributed by atoms with van der Waals surface area (Å²) < 4.78 is 6.65. The Hall–Kier alpha value is -3.64. The highest BCUT2D eigenvalue weighted by molar-refractivity contribution is 14.1. The second kappa shape index (κ2) is 11.3. The maximum atomic E-state index is 12.5. The van der Waals surface area contributed by atoms with Crippen molar-refractivity contribution in [3.63, 3.8) is 0 Å². The van der Waals surface area contributed by atoms with E-state index in [1.807, 2.05) is 36.4 Å². The molecule has 0 heterocycles. The first-order valence-corrected chi connectivity index (χ1v) is 11.2. The van der Waals surface area contributed by atoms with Gasteiger partial charge in [-0.3, -0.25) is 4.79 Å². The highest BCUT2D eigenvalue weighted by Gasteiger charge is 2.11. The summed E-state index contributed by atoms with van der Waals surface area (Å²) in [5.74, 6) is -0.795. The van der Waals surface area contributed by atoms with Crippen molar-refractivity contribution in [2.24, 2.45) is 0 Å². The van der Waals surface area contributed by atoms with Gasteiger partial charge in [0.15, 0.2) is 0 Å². The molecule has 2 N–H and O–H groups in total. The van der Waals surface area contributed by atoms with Gasteiger partial charge in [0.25, 0.3) is 5.91 Å². The topological polar surface area (TPSA) is 99.4 Å². The molecule has 0 saturated carbocycles. The average molecular weight is 552 g/mol. The van der Waals surface area contributed by atoms with Crippen LogP contribution >= 0.6 is 22.6 Å². The number of anilines is 1. The summed E-state index contributed by atoms with van der Waals surface area (Å²) in [5.41, 5.74) is 3.56. The monoisotopic (exact) mass is 552 g/mol. The Morgan fingerprint density at radius 2 is 1.73 bits per heavy atom. The third kappa shape index (κ3) is 6.67. The Labute approximate surface area is 205 Å². The molecule has 0 bridgehead atoms. The van der Waals surface area contributed by atoms with Crippen LogP contribution in [0.4, 0.5) is 5.69 Å². The van der Waals surface area contributed by atoms with Gasteiger partial charge in [0, 0.05) is 5.69 Å². The number of rotatable bonds is 8. The number of ether oxygens (including phenoxy) is 1. The zero-order valence-electron chi connectivity index (χ0n) is 17.8. The normalized spacial score (nSPS) is 10.9. The van der Waals surface area contributed by atoms with Gasteiger partial charge in [0.05, 0.1) is 9.13 Å². The van der Waals surface area contributed by atoms with E-state index in [0.717, 1.165) is 15.6 Å². The molecule has 0 spiro atoms. The lowest BCUT2D eigenvalue weighted by atomic mass is 10.1. The predicted molar refractivity (Wildman–Crippen MR) is 135 cm³/mol. The number of amides is 1. The zero-order valence-corrected chi connectivity index (χ0v) is 20.0. The highest BCUT2D eigenvalue weighted by Crippen LogP contribution is 2.24. The molecule has 0 fully saturated rings. The molecule has 166 valence electrons. The minimum absolute atomic E-state index is 0.00226. The second-order valence-corrected chi connectivity index (χ2v) is 8.32. The molecule has 0 radical (unpaired) electrons. The largest absolute Gasteiger partial charge is 0.488 e. The van der Waals surface area contributed by atoms with Crippen LogP contribution in [0.15, 0.2) is 72.3 Å². The van der Waals surface area contributed by atoms with E-state index in [2.05, 4.69) is 34.8 Å². The number of aromatic carboxylic acids is 1. The Bertz CT molecular complexity index is 1230. The smallest absolute Gasteiger partial charge is 0.335 e. The summed E-state index contributed by atoms with van der Waals surface area (Å²) in [6.45, 7) is 2.34. The summed E-state index contributed by atoms with van der Waals surface area (Å²) >= 11 is 2.13. The van der Waals surface area contributed by atoms with E-state index in [1.165, 1.54) is 23.8 Å². The van der Waals surface area contributed by atoms with E-state index in [-0.39, 0.29) is 17.7 Å². The Kier molecular flexibility index (Phi) is 8.22. The minimum Gasteiger partial charge on any atom is -0.488 e. The summed E-state index contributed by atoms with van der Waals surface area (Å²) in [4.78, 5) is 23.5. The lowest BCUT2D eigenvalue weighted by Crippen LogP contribution is -2.13. The maximum Gasteiger partial charge on any atom is 0.335 e. The van der Waals surface area contributed by atoms with Crippen LogP contribution in [0.2, 0.25) is 0 Å². The molecule has 0 aliphatic carbocycles. The molecule has 0 unspecified atom stereocenters. The van der Waals surface area contributed by atoms with E-state index >= 15 is 0 Å². The Morgan fingerprint density at radius 3 is 2.30 bits per heavy atom. The maximum absolute atomic E-state index is 12.5. The molecule has 0 aliphatic rings. The van der Waals surface area contributed by atoms with Gasteiger partial charge in [0.1, 0.15) is 24.0 Å². The van der Waals surface area contributed by atoms with E-state index in [0.29, 0.717) is 17.0 Å². The summed E-state index contributed by atoms with van der Waals surface area (Å²) in [6, 6.07) is 21.3. The molecule has 3 aromatic rings. The number of carbonyl (C=O) groups is 2. The average Bonchev–Trinajstić information content (AvgIpc) is 2.82. The van der Waals surface area contributed by atoms with Crippen LogP contribution in [0.1, 0.15) is 34.0 Å². The standard InChI is InChI=1S/C26H21IN2O4/c1-2-17-5-10-22(11-6-17)29-25(30)21(15-28)13-19-7-12-24(23(27)14-19)33-16-18-3-8-20(9-4-18)26(31)32/h3-14H,2,16H2,1H3,(H,29,30)(H,31,32)/b21-13-. The van der Waals surface area contributed by atoms with Crippen molar-refractivity contribution < 1.29 is 19.4 Å². The van der Waals surface area contributed by atoms with Gasteiger partial charge in [-0.1, -0.05) is 37.3 Å². The number of carboxylic acids is 1. The Balaban J connectivity index is 1.67.